The number of H-pyrrole nitrogens is 1. The lowest BCUT2D eigenvalue weighted by molar-refractivity contribution is -0.384. The molecule has 0 fully saturated rings. The molecule has 0 amide bonds. The normalized spacial score (nSPS) is 11.4. The second kappa shape index (κ2) is 3.89. The summed E-state index contributed by atoms with van der Waals surface area (Å²) in [5, 5.41) is 11.1. The van der Waals surface area contributed by atoms with Crippen LogP contribution >= 0.6 is 0 Å². The highest BCUT2D eigenvalue weighted by Gasteiger charge is 2.14. The Morgan fingerprint density at radius 2 is 2.00 bits per heavy atom. The number of benzene rings is 2. The van der Waals surface area contributed by atoms with E-state index in [0.29, 0.717) is 16.8 Å². The SMILES string of the molecule is O=c1c2cc([N+](=O)[O-])ccc2nc2[nH]c3ccccc3n12. The molecule has 0 bridgehead atoms. The molecule has 0 atom stereocenters. The van der Waals surface area contributed by atoms with Gasteiger partial charge in [0.25, 0.3) is 11.2 Å². The molecule has 4 rings (SSSR count). The van der Waals surface area contributed by atoms with Gasteiger partial charge in [-0.3, -0.25) is 14.9 Å². The van der Waals surface area contributed by atoms with Crippen LogP contribution in [0.4, 0.5) is 5.69 Å². The molecule has 2 aromatic carbocycles. The van der Waals surface area contributed by atoms with E-state index in [1.165, 1.54) is 22.6 Å². The summed E-state index contributed by atoms with van der Waals surface area (Å²) >= 11 is 0. The number of nitro benzene ring substituents is 1. The Morgan fingerprint density at radius 1 is 1.19 bits per heavy atom. The van der Waals surface area contributed by atoms with Crippen molar-refractivity contribution in [1.29, 1.82) is 0 Å². The minimum absolute atomic E-state index is 0.124. The third-order valence-corrected chi connectivity index (χ3v) is 3.45. The van der Waals surface area contributed by atoms with E-state index in [1.54, 1.807) is 6.07 Å². The average molecular weight is 280 g/mol. The van der Waals surface area contributed by atoms with Crippen LogP contribution in [0, 0.1) is 10.1 Å². The van der Waals surface area contributed by atoms with Gasteiger partial charge in [-0.05, 0) is 18.2 Å². The molecule has 0 aliphatic carbocycles. The summed E-state index contributed by atoms with van der Waals surface area (Å²) in [6.07, 6.45) is 0. The molecule has 0 aliphatic rings. The monoisotopic (exact) mass is 280 g/mol. The number of hydrogen-bond donors (Lipinski definition) is 1. The number of nitrogens with one attached hydrogen (secondary N) is 1. The maximum Gasteiger partial charge on any atom is 0.270 e. The first-order chi connectivity index (χ1) is 10.1. The fraction of sp³-hybridized carbons (Fsp3) is 0. The van der Waals surface area contributed by atoms with Crippen LogP contribution in [0.1, 0.15) is 0 Å². The summed E-state index contributed by atoms with van der Waals surface area (Å²) in [5.74, 6) is 0.419. The van der Waals surface area contributed by atoms with Gasteiger partial charge in [-0.25, -0.2) is 9.38 Å². The fourth-order valence-electron chi connectivity index (χ4n) is 2.49. The van der Waals surface area contributed by atoms with E-state index in [2.05, 4.69) is 9.97 Å². The van der Waals surface area contributed by atoms with Gasteiger partial charge in [-0.1, -0.05) is 12.1 Å². The maximum atomic E-state index is 12.6. The first-order valence-electron chi connectivity index (χ1n) is 6.23. The summed E-state index contributed by atoms with van der Waals surface area (Å²) in [5.41, 5.74) is 1.46. The Kier molecular flexibility index (Phi) is 2.15. The molecule has 0 spiro atoms. The van der Waals surface area contributed by atoms with Gasteiger partial charge in [0.1, 0.15) is 0 Å². The van der Waals surface area contributed by atoms with Gasteiger partial charge < -0.3 is 4.98 Å². The molecular weight excluding hydrogens is 272 g/mol. The summed E-state index contributed by atoms with van der Waals surface area (Å²) in [7, 11) is 0. The summed E-state index contributed by atoms with van der Waals surface area (Å²) in [6, 6.07) is 11.4. The topological polar surface area (TPSA) is 93.3 Å². The molecule has 0 saturated carbocycles. The Morgan fingerprint density at radius 3 is 2.81 bits per heavy atom. The maximum absolute atomic E-state index is 12.6. The van der Waals surface area contributed by atoms with Crippen LogP contribution in [0.5, 0.6) is 0 Å². The molecule has 2 aromatic heterocycles. The highest BCUT2D eigenvalue weighted by Crippen LogP contribution is 2.19. The predicted octanol–water partition coefficient (Wildman–Crippen LogP) is 2.24. The van der Waals surface area contributed by atoms with Gasteiger partial charge in [0.05, 0.1) is 26.9 Å². The summed E-state index contributed by atoms with van der Waals surface area (Å²) < 4.78 is 1.43. The number of aromatic amines is 1. The standard InChI is InChI=1S/C14H8N4O3/c19-13-9-7-8(18(20)21)5-6-10(9)15-14-16-11-3-1-2-4-12(11)17(13)14/h1-7H,(H,15,16). The van der Waals surface area contributed by atoms with Crippen molar-refractivity contribution < 1.29 is 4.92 Å². The molecule has 2 heterocycles. The van der Waals surface area contributed by atoms with E-state index >= 15 is 0 Å². The number of aromatic nitrogens is 3. The Balaban J connectivity index is 2.24. The number of nitro groups is 1. The summed E-state index contributed by atoms with van der Waals surface area (Å²) in [4.78, 5) is 30.4. The van der Waals surface area contributed by atoms with Crippen molar-refractivity contribution in [3.63, 3.8) is 0 Å². The van der Waals surface area contributed by atoms with Crippen molar-refractivity contribution in [2.24, 2.45) is 0 Å². The highest BCUT2D eigenvalue weighted by atomic mass is 16.6. The molecule has 0 unspecified atom stereocenters. The van der Waals surface area contributed by atoms with Gasteiger partial charge >= 0.3 is 0 Å². The number of nitrogens with zero attached hydrogens (tertiary/aromatic N) is 3. The number of hydrogen-bond acceptors (Lipinski definition) is 4. The molecule has 102 valence electrons. The van der Waals surface area contributed by atoms with Gasteiger partial charge in [-0.2, -0.15) is 0 Å². The Hall–Kier alpha value is -3.22. The van der Waals surface area contributed by atoms with E-state index < -0.39 is 4.92 Å². The number of non-ortho nitro benzene ring substituents is 1. The zero-order valence-corrected chi connectivity index (χ0v) is 10.6. The molecule has 0 saturated heterocycles. The second-order valence-corrected chi connectivity index (χ2v) is 4.68. The third-order valence-electron chi connectivity index (χ3n) is 3.45. The summed E-state index contributed by atoms with van der Waals surface area (Å²) in [6.45, 7) is 0. The smallest absolute Gasteiger partial charge is 0.270 e. The molecule has 7 heteroatoms. The van der Waals surface area contributed by atoms with Crippen LogP contribution in [0.25, 0.3) is 27.7 Å². The van der Waals surface area contributed by atoms with Gasteiger partial charge in [0, 0.05) is 12.1 Å². The Bertz CT molecular complexity index is 1090. The van der Waals surface area contributed by atoms with Crippen LogP contribution in [0.3, 0.4) is 0 Å². The number of imidazole rings is 1. The zero-order chi connectivity index (χ0) is 14.6. The number of rotatable bonds is 1. The van der Waals surface area contributed by atoms with Gasteiger partial charge in [0.15, 0.2) is 0 Å². The van der Waals surface area contributed by atoms with E-state index in [-0.39, 0.29) is 16.6 Å². The molecule has 4 aromatic rings. The average Bonchev–Trinajstić information content (AvgIpc) is 2.85. The number of fused-ring (bicyclic) bond motifs is 4. The van der Waals surface area contributed by atoms with Crippen LogP contribution in [-0.2, 0) is 0 Å². The lowest BCUT2D eigenvalue weighted by Crippen LogP contribution is -2.14. The van der Waals surface area contributed by atoms with Crippen molar-refractivity contribution >= 4 is 33.4 Å². The van der Waals surface area contributed by atoms with Gasteiger partial charge in [-0.15, -0.1) is 0 Å². The number of para-hydroxylation sites is 2. The van der Waals surface area contributed by atoms with Crippen LogP contribution < -0.4 is 5.56 Å². The fourth-order valence-corrected chi connectivity index (χ4v) is 2.49. The van der Waals surface area contributed by atoms with E-state index in [9.17, 15) is 14.9 Å². The largest absolute Gasteiger partial charge is 0.323 e. The molecule has 21 heavy (non-hydrogen) atoms. The lowest BCUT2D eigenvalue weighted by atomic mass is 10.2. The van der Waals surface area contributed by atoms with Crippen molar-refractivity contribution in [2.45, 2.75) is 0 Å². The van der Waals surface area contributed by atoms with Gasteiger partial charge in [0.2, 0.25) is 5.78 Å². The first-order valence-corrected chi connectivity index (χ1v) is 6.23. The van der Waals surface area contributed by atoms with Crippen molar-refractivity contribution in [1.82, 2.24) is 14.4 Å². The van der Waals surface area contributed by atoms with Crippen molar-refractivity contribution in [3.05, 3.63) is 62.9 Å². The van der Waals surface area contributed by atoms with E-state index in [4.69, 9.17) is 0 Å². The van der Waals surface area contributed by atoms with Crippen molar-refractivity contribution in [3.8, 4) is 0 Å². The third kappa shape index (κ3) is 1.54. The van der Waals surface area contributed by atoms with Crippen LogP contribution in [0.15, 0.2) is 47.3 Å². The van der Waals surface area contributed by atoms with E-state index in [0.717, 1.165) is 5.52 Å². The molecular formula is C14H8N4O3. The van der Waals surface area contributed by atoms with Crippen LogP contribution in [0.2, 0.25) is 0 Å². The van der Waals surface area contributed by atoms with Crippen molar-refractivity contribution in [2.75, 3.05) is 0 Å². The van der Waals surface area contributed by atoms with Crippen LogP contribution in [-0.4, -0.2) is 19.3 Å². The molecule has 7 nitrogen and oxygen atoms in total. The highest BCUT2D eigenvalue weighted by molar-refractivity contribution is 5.86. The second-order valence-electron chi connectivity index (χ2n) is 4.68. The molecule has 1 N–H and O–H groups in total. The Labute approximate surface area is 116 Å². The molecule has 0 aliphatic heterocycles. The minimum atomic E-state index is -0.525. The first kappa shape index (κ1) is 11.6. The quantitative estimate of drug-likeness (QED) is 0.427. The van der Waals surface area contributed by atoms with E-state index in [1.807, 2.05) is 18.2 Å². The predicted molar refractivity (Wildman–Crippen MR) is 77.5 cm³/mol. The lowest BCUT2D eigenvalue weighted by Gasteiger charge is -1.99. The minimum Gasteiger partial charge on any atom is -0.323 e. The zero-order valence-electron chi connectivity index (χ0n) is 10.6. The molecule has 0 radical (unpaired) electrons.